The molecule has 1 heterocycles. The van der Waals surface area contributed by atoms with E-state index in [-0.39, 0.29) is 5.97 Å². The Bertz CT molecular complexity index is 307. The summed E-state index contributed by atoms with van der Waals surface area (Å²) in [4.78, 5) is 11.8. The fraction of sp³-hybridized carbons (Fsp3) is 0.444. The van der Waals surface area contributed by atoms with Crippen molar-refractivity contribution in [2.75, 3.05) is 5.73 Å². The Labute approximate surface area is 81.5 Å². The maximum absolute atomic E-state index is 10.7. The minimum absolute atomic E-state index is 0.326. The monoisotopic (exact) mass is 199 g/mol. The van der Waals surface area contributed by atoms with Crippen LogP contribution in [0, 0.1) is 0 Å². The standard InChI is InChI=1S/C9H13NO2S/c1-3-4-8-9(10)7(5-13-8)12-6(2)11/h5H,3-4,10H2,1-2H3. The summed E-state index contributed by atoms with van der Waals surface area (Å²) >= 11 is 1.54. The highest BCUT2D eigenvalue weighted by atomic mass is 32.1. The molecule has 0 radical (unpaired) electrons. The Balaban J connectivity index is 2.79. The number of nitrogen functional groups attached to an aromatic ring is 1. The van der Waals surface area contributed by atoms with Crippen LogP contribution in [0.3, 0.4) is 0 Å². The Hall–Kier alpha value is -1.03. The van der Waals surface area contributed by atoms with Crippen molar-refractivity contribution in [2.24, 2.45) is 0 Å². The minimum Gasteiger partial charge on any atom is -0.424 e. The molecule has 0 spiro atoms. The molecule has 0 aromatic carbocycles. The summed E-state index contributed by atoms with van der Waals surface area (Å²) in [7, 11) is 0. The van der Waals surface area contributed by atoms with Gasteiger partial charge in [-0.3, -0.25) is 4.79 Å². The van der Waals surface area contributed by atoms with Gasteiger partial charge in [0.1, 0.15) is 0 Å². The van der Waals surface area contributed by atoms with E-state index in [1.807, 2.05) is 0 Å². The predicted molar refractivity (Wildman–Crippen MR) is 54.0 cm³/mol. The lowest BCUT2D eigenvalue weighted by Gasteiger charge is -2.00. The van der Waals surface area contributed by atoms with E-state index in [9.17, 15) is 4.79 Å². The second-order valence-corrected chi connectivity index (χ2v) is 3.74. The molecule has 3 nitrogen and oxygen atoms in total. The molecule has 0 aliphatic heterocycles. The van der Waals surface area contributed by atoms with Crippen LogP contribution in [-0.4, -0.2) is 5.97 Å². The first-order valence-electron chi connectivity index (χ1n) is 4.19. The van der Waals surface area contributed by atoms with Crippen molar-refractivity contribution in [1.82, 2.24) is 0 Å². The molecular formula is C9H13NO2S. The normalized spacial score (nSPS) is 10.0. The summed E-state index contributed by atoms with van der Waals surface area (Å²) in [5.74, 6) is 0.175. The first-order chi connectivity index (χ1) is 6.15. The second kappa shape index (κ2) is 4.28. The summed E-state index contributed by atoms with van der Waals surface area (Å²) in [6.07, 6.45) is 1.99. The third-order valence-electron chi connectivity index (χ3n) is 1.60. The molecule has 0 atom stereocenters. The summed E-state index contributed by atoms with van der Waals surface area (Å²) < 4.78 is 4.92. The number of rotatable bonds is 3. The van der Waals surface area contributed by atoms with Gasteiger partial charge in [-0.05, 0) is 6.42 Å². The maximum atomic E-state index is 10.7. The Morgan fingerprint density at radius 3 is 2.92 bits per heavy atom. The van der Waals surface area contributed by atoms with Crippen LogP contribution in [0.2, 0.25) is 0 Å². The Kier molecular flexibility index (Phi) is 3.31. The van der Waals surface area contributed by atoms with Crippen LogP contribution >= 0.6 is 11.3 Å². The van der Waals surface area contributed by atoms with Crippen LogP contribution in [0.5, 0.6) is 5.75 Å². The highest BCUT2D eigenvalue weighted by molar-refractivity contribution is 7.10. The van der Waals surface area contributed by atoms with Crippen molar-refractivity contribution in [1.29, 1.82) is 0 Å². The largest absolute Gasteiger partial charge is 0.424 e. The lowest BCUT2D eigenvalue weighted by atomic mass is 10.2. The van der Waals surface area contributed by atoms with E-state index in [0.29, 0.717) is 11.4 Å². The van der Waals surface area contributed by atoms with Gasteiger partial charge in [-0.1, -0.05) is 13.3 Å². The summed E-state index contributed by atoms with van der Waals surface area (Å²) in [5.41, 5.74) is 6.38. The van der Waals surface area contributed by atoms with Crippen molar-refractivity contribution >= 4 is 23.0 Å². The molecule has 72 valence electrons. The minimum atomic E-state index is -0.326. The molecule has 0 amide bonds. The number of carbonyl (C=O) groups is 1. The van der Waals surface area contributed by atoms with E-state index in [0.717, 1.165) is 17.7 Å². The Morgan fingerprint density at radius 2 is 2.38 bits per heavy atom. The van der Waals surface area contributed by atoms with Crippen molar-refractivity contribution in [3.63, 3.8) is 0 Å². The van der Waals surface area contributed by atoms with Gasteiger partial charge < -0.3 is 10.5 Å². The average molecular weight is 199 g/mol. The highest BCUT2D eigenvalue weighted by Crippen LogP contribution is 2.32. The molecule has 0 aliphatic rings. The van der Waals surface area contributed by atoms with Crippen molar-refractivity contribution < 1.29 is 9.53 Å². The molecular weight excluding hydrogens is 186 g/mol. The lowest BCUT2D eigenvalue weighted by Crippen LogP contribution is -2.02. The van der Waals surface area contributed by atoms with Gasteiger partial charge in [0.25, 0.3) is 0 Å². The molecule has 4 heteroatoms. The first-order valence-corrected chi connectivity index (χ1v) is 5.07. The number of hydrogen-bond acceptors (Lipinski definition) is 4. The van der Waals surface area contributed by atoms with Gasteiger partial charge in [-0.15, -0.1) is 11.3 Å². The zero-order valence-corrected chi connectivity index (χ0v) is 8.61. The number of aryl methyl sites for hydroxylation is 1. The Morgan fingerprint density at radius 1 is 1.69 bits per heavy atom. The number of anilines is 1. The number of hydrogen-bond donors (Lipinski definition) is 1. The number of ether oxygens (including phenoxy) is 1. The number of nitrogens with two attached hydrogens (primary N) is 1. The summed E-state index contributed by atoms with van der Waals surface area (Å²) in [6.45, 7) is 3.46. The van der Waals surface area contributed by atoms with Gasteiger partial charge in [-0.2, -0.15) is 0 Å². The van der Waals surface area contributed by atoms with Crippen LogP contribution in [-0.2, 0) is 11.2 Å². The third kappa shape index (κ3) is 2.45. The van der Waals surface area contributed by atoms with Gasteiger partial charge in [0, 0.05) is 17.2 Å². The van der Waals surface area contributed by atoms with E-state index in [1.54, 1.807) is 16.7 Å². The van der Waals surface area contributed by atoms with Gasteiger partial charge >= 0.3 is 5.97 Å². The summed E-state index contributed by atoms with van der Waals surface area (Å²) in [6, 6.07) is 0. The van der Waals surface area contributed by atoms with E-state index < -0.39 is 0 Å². The van der Waals surface area contributed by atoms with E-state index >= 15 is 0 Å². The van der Waals surface area contributed by atoms with Crippen LogP contribution in [0.15, 0.2) is 5.38 Å². The molecule has 0 saturated carbocycles. The van der Waals surface area contributed by atoms with E-state index in [1.165, 1.54) is 6.92 Å². The zero-order valence-electron chi connectivity index (χ0n) is 7.79. The second-order valence-electron chi connectivity index (χ2n) is 2.78. The molecule has 1 rings (SSSR count). The molecule has 13 heavy (non-hydrogen) atoms. The van der Waals surface area contributed by atoms with Crippen LogP contribution < -0.4 is 10.5 Å². The molecule has 0 bridgehead atoms. The van der Waals surface area contributed by atoms with Crippen molar-refractivity contribution in [3.8, 4) is 5.75 Å². The van der Waals surface area contributed by atoms with E-state index in [4.69, 9.17) is 10.5 Å². The average Bonchev–Trinajstić information content (AvgIpc) is 2.36. The van der Waals surface area contributed by atoms with Gasteiger partial charge in [0.15, 0.2) is 5.75 Å². The highest BCUT2D eigenvalue weighted by Gasteiger charge is 2.10. The van der Waals surface area contributed by atoms with Crippen molar-refractivity contribution in [2.45, 2.75) is 26.7 Å². The molecule has 1 aromatic rings. The van der Waals surface area contributed by atoms with Crippen LogP contribution in [0.1, 0.15) is 25.1 Å². The SMILES string of the molecule is CCCc1scc(OC(C)=O)c1N. The topological polar surface area (TPSA) is 52.3 Å². The first kappa shape index (κ1) is 10.1. The number of carbonyl (C=O) groups excluding carboxylic acids is 1. The molecule has 0 unspecified atom stereocenters. The van der Waals surface area contributed by atoms with E-state index in [2.05, 4.69) is 6.92 Å². The third-order valence-corrected chi connectivity index (χ3v) is 2.65. The molecule has 0 aliphatic carbocycles. The van der Waals surface area contributed by atoms with Crippen molar-refractivity contribution in [3.05, 3.63) is 10.3 Å². The van der Waals surface area contributed by atoms with Crippen LogP contribution in [0.4, 0.5) is 5.69 Å². The number of esters is 1. The molecule has 0 fully saturated rings. The smallest absolute Gasteiger partial charge is 0.308 e. The zero-order chi connectivity index (χ0) is 9.84. The van der Waals surface area contributed by atoms with Crippen LogP contribution in [0.25, 0.3) is 0 Å². The fourth-order valence-electron chi connectivity index (χ4n) is 1.04. The van der Waals surface area contributed by atoms with Gasteiger partial charge in [-0.25, -0.2) is 0 Å². The summed E-state index contributed by atoms with van der Waals surface area (Å²) in [5, 5.41) is 1.78. The fourth-order valence-corrected chi connectivity index (χ4v) is 2.02. The molecule has 2 N–H and O–H groups in total. The number of thiophene rings is 1. The quantitative estimate of drug-likeness (QED) is 0.759. The predicted octanol–water partition coefficient (Wildman–Crippen LogP) is 2.21. The van der Waals surface area contributed by atoms with Gasteiger partial charge in [0.2, 0.25) is 0 Å². The molecule has 1 aromatic heterocycles. The van der Waals surface area contributed by atoms with Gasteiger partial charge in [0.05, 0.1) is 5.69 Å². The lowest BCUT2D eigenvalue weighted by molar-refractivity contribution is -0.131. The maximum Gasteiger partial charge on any atom is 0.308 e. The molecule has 0 saturated heterocycles.